The van der Waals surface area contributed by atoms with Gasteiger partial charge in [0.25, 0.3) is 5.91 Å². The highest BCUT2D eigenvalue weighted by Crippen LogP contribution is 2.47. The fraction of sp³-hybridized carbons (Fsp3) is 0.467. The number of sulfonamides is 1. The van der Waals surface area contributed by atoms with E-state index in [1.165, 1.54) is 0 Å². The van der Waals surface area contributed by atoms with E-state index in [4.69, 9.17) is 37.2 Å². The van der Waals surface area contributed by atoms with E-state index in [1.54, 1.807) is 24.3 Å². The second kappa shape index (κ2) is 11.1. The van der Waals surface area contributed by atoms with Gasteiger partial charge in [0, 0.05) is 53.4 Å². The number of aromatic nitrogens is 1. The highest BCUT2D eigenvalue weighted by molar-refractivity contribution is 7.90. The van der Waals surface area contributed by atoms with Gasteiger partial charge in [-0.25, -0.2) is 13.1 Å². The molecule has 1 aromatic heterocycles. The van der Waals surface area contributed by atoms with E-state index in [9.17, 15) is 13.2 Å². The van der Waals surface area contributed by atoms with Crippen molar-refractivity contribution in [3.05, 3.63) is 69.4 Å². The van der Waals surface area contributed by atoms with Gasteiger partial charge in [-0.3, -0.25) is 4.79 Å². The molecule has 2 aromatic carbocycles. The summed E-state index contributed by atoms with van der Waals surface area (Å²) in [7, 11) is -3.77. The Morgan fingerprint density at radius 2 is 1.83 bits per heavy atom. The normalized spacial score (nSPS) is 25.3. The van der Waals surface area contributed by atoms with Gasteiger partial charge < -0.3 is 18.9 Å². The van der Waals surface area contributed by atoms with Crippen LogP contribution in [0.3, 0.4) is 0 Å². The number of hydrogen-bond acceptors (Lipinski definition) is 8. The number of piperidine rings is 1. The summed E-state index contributed by atoms with van der Waals surface area (Å²) in [4.78, 5) is 15.0. The van der Waals surface area contributed by atoms with E-state index in [0.29, 0.717) is 64.4 Å². The van der Waals surface area contributed by atoms with Crippen LogP contribution in [0.2, 0.25) is 10.0 Å². The number of ether oxygens (including phenoxy) is 2. The number of carbonyl (C=O) groups excluding carboxylic acids is 1. The Kier molecular flexibility index (Phi) is 7.47. The third-order valence-corrected chi connectivity index (χ3v) is 11.3. The lowest BCUT2D eigenvalue weighted by atomic mass is 10.0. The second-order valence-corrected chi connectivity index (χ2v) is 14.4. The lowest BCUT2D eigenvalue weighted by Crippen LogP contribution is -2.39. The average Bonchev–Trinajstić information content (AvgIpc) is 3.36. The quantitative estimate of drug-likeness (QED) is 0.327. The Morgan fingerprint density at radius 1 is 1.07 bits per heavy atom. The number of carbonyl (C=O) groups is 1. The third kappa shape index (κ3) is 5.32. The van der Waals surface area contributed by atoms with Crippen molar-refractivity contribution in [1.29, 1.82) is 0 Å². The minimum atomic E-state index is -3.77. The molecule has 1 amide bonds. The Bertz CT molecular complexity index is 1580. The molecule has 4 aliphatic rings. The van der Waals surface area contributed by atoms with Gasteiger partial charge >= 0.3 is 0 Å². The monoisotopic (exact) mass is 631 g/mol. The highest BCUT2D eigenvalue weighted by Gasteiger charge is 2.46. The molecular weight excluding hydrogens is 601 g/mol. The first-order valence-corrected chi connectivity index (χ1v) is 16.6. The third-order valence-electron chi connectivity index (χ3n) is 8.91. The first-order valence-electron chi connectivity index (χ1n) is 14.3. The number of halogens is 2. The molecule has 7 rings (SSSR count). The van der Waals surface area contributed by atoms with Crippen LogP contribution in [0.25, 0.3) is 11.3 Å². The van der Waals surface area contributed by atoms with Crippen LogP contribution in [-0.2, 0) is 26.1 Å². The van der Waals surface area contributed by atoms with E-state index in [-0.39, 0.29) is 12.7 Å². The zero-order valence-electron chi connectivity index (χ0n) is 22.8. The predicted molar refractivity (Wildman–Crippen MR) is 158 cm³/mol. The molecular formula is C30H31Cl2N3O6S. The van der Waals surface area contributed by atoms with Crippen LogP contribution < -0.4 is 9.62 Å². The molecule has 2 saturated carbocycles. The second-order valence-electron chi connectivity index (χ2n) is 11.6. The van der Waals surface area contributed by atoms with Crippen molar-refractivity contribution in [3.63, 3.8) is 0 Å². The number of nitrogens with zero attached hydrogens (tertiary/aromatic N) is 2. The van der Waals surface area contributed by atoms with Gasteiger partial charge in [-0.15, -0.1) is 0 Å². The number of hydrogen-bond donors (Lipinski definition) is 1. The highest BCUT2D eigenvalue weighted by atomic mass is 35.5. The summed E-state index contributed by atoms with van der Waals surface area (Å²) < 4.78 is 44.6. The van der Waals surface area contributed by atoms with Crippen molar-refractivity contribution in [1.82, 2.24) is 9.88 Å². The summed E-state index contributed by atoms with van der Waals surface area (Å²) in [5.74, 6) is 0.984. The number of nitrogens with one attached hydrogen (secondary N) is 1. The van der Waals surface area contributed by atoms with Crippen molar-refractivity contribution in [2.75, 3.05) is 24.7 Å². The van der Waals surface area contributed by atoms with E-state index in [2.05, 4.69) is 14.8 Å². The molecule has 0 radical (unpaired) electrons. The standard InChI is InChI=1S/C30H31Cl2N3O6S/c31-24-2-1-3-25(32)27(24)28-23(29(41-33-28)17-4-5-17)16-40-26-13-21-12-19(26)14-35(21)20-8-6-18(7-9-20)30(36)34-42(37,38)22-10-11-39-15-22/h1-3,6-9,17,19,21-22,26H,4-5,10-16H2,(H,34,36)/t19-,21-,22?,26+/m0/s1. The topological polar surface area (TPSA) is 111 Å². The van der Waals surface area contributed by atoms with E-state index in [1.807, 2.05) is 18.2 Å². The van der Waals surface area contributed by atoms with Gasteiger partial charge in [-0.05, 0) is 68.5 Å². The molecule has 2 aliphatic heterocycles. The lowest BCUT2D eigenvalue weighted by molar-refractivity contribution is 0.0122. The average molecular weight is 633 g/mol. The molecule has 1 N–H and O–H groups in total. The Balaban J connectivity index is 0.994. The SMILES string of the molecule is O=C(NS(=O)(=O)C1CCOC1)c1ccc(N2C[C@@H]3C[C@H]2C[C@H]3OCc2c(-c3c(Cl)cccc3Cl)noc2C2CC2)cc1. The van der Waals surface area contributed by atoms with Gasteiger partial charge in [-0.2, -0.15) is 0 Å². The van der Waals surface area contributed by atoms with Gasteiger partial charge in [-0.1, -0.05) is 34.4 Å². The van der Waals surface area contributed by atoms with Crippen molar-refractivity contribution in [2.24, 2.45) is 5.92 Å². The van der Waals surface area contributed by atoms with Crippen molar-refractivity contribution in [2.45, 2.75) is 62.0 Å². The maximum absolute atomic E-state index is 12.6. The number of amides is 1. The maximum Gasteiger partial charge on any atom is 0.264 e. The van der Waals surface area contributed by atoms with Crippen molar-refractivity contribution >= 4 is 44.8 Å². The van der Waals surface area contributed by atoms with Crippen molar-refractivity contribution < 1.29 is 27.2 Å². The molecule has 3 heterocycles. The Labute approximate surface area is 254 Å². The van der Waals surface area contributed by atoms with Crippen LogP contribution in [0.4, 0.5) is 5.69 Å². The molecule has 12 heteroatoms. The molecule has 9 nitrogen and oxygen atoms in total. The summed E-state index contributed by atoms with van der Waals surface area (Å²) >= 11 is 13.0. The van der Waals surface area contributed by atoms with Gasteiger partial charge in [0.2, 0.25) is 10.0 Å². The largest absolute Gasteiger partial charge is 0.380 e. The molecule has 42 heavy (non-hydrogen) atoms. The van der Waals surface area contributed by atoms with Crippen LogP contribution in [0.5, 0.6) is 0 Å². The minimum absolute atomic E-state index is 0.109. The summed E-state index contributed by atoms with van der Waals surface area (Å²) in [6, 6.07) is 12.9. The zero-order chi connectivity index (χ0) is 29.0. The molecule has 3 aromatic rings. The number of fused-ring (bicyclic) bond motifs is 2. The number of benzene rings is 2. The zero-order valence-corrected chi connectivity index (χ0v) is 25.1. The Hall–Kier alpha value is -2.63. The van der Waals surface area contributed by atoms with E-state index in [0.717, 1.165) is 49.2 Å². The first-order chi connectivity index (χ1) is 20.3. The molecule has 1 unspecified atom stereocenters. The predicted octanol–water partition coefficient (Wildman–Crippen LogP) is 5.56. The fourth-order valence-corrected chi connectivity index (χ4v) is 8.30. The smallest absolute Gasteiger partial charge is 0.264 e. The van der Waals surface area contributed by atoms with Crippen molar-refractivity contribution in [3.8, 4) is 11.3 Å². The Morgan fingerprint density at radius 3 is 2.48 bits per heavy atom. The summed E-state index contributed by atoms with van der Waals surface area (Å²) in [6.07, 6.45) is 4.57. The number of anilines is 1. The molecule has 2 saturated heterocycles. The van der Waals surface area contributed by atoms with Gasteiger partial charge in [0.15, 0.2) is 0 Å². The molecule has 2 bridgehead atoms. The van der Waals surface area contributed by atoms with Crippen LogP contribution in [-0.4, -0.2) is 56.6 Å². The molecule has 4 fully saturated rings. The van der Waals surface area contributed by atoms with E-state index >= 15 is 0 Å². The minimum Gasteiger partial charge on any atom is -0.380 e. The van der Waals surface area contributed by atoms with Crippen LogP contribution in [0.1, 0.15) is 59.7 Å². The first kappa shape index (κ1) is 28.2. The molecule has 222 valence electrons. The van der Waals surface area contributed by atoms with Crippen LogP contribution in [0.15, 0.2) is 47.0 Å². The summed E-state index contributed by atoms with van der Waals surface area (Å²) in [6.45, 7) is 1.74. The fourth-order valence-electron chi connectivity index (χ4n) is 6.50. The van der Waals surface area contributed by atoms with E-state index < -0.39 is 21.2 Å². The molecule has 0 spiro atoms. The van der Waals surface area contributed by atoms with Crippen LogP contribution >= 0.6 is 23.2 Å². The molecule has 2 aliphatic carbocycles. The maximum atomic E-state index is 12.6. The molecule has 4 atom stereocenters. The van der Waals surface area contributed by atoms with Gasteiger partial charge in [0.05, 0.1) is 29.4 Å². The van der Waals surface area contributed by atoms with Crippen LogP contribution in [0, 0.1) is 5.92 Å². The summed E-state index contributed by atoms with van der Waals surface area (Å²) in [5, 5.41) is 4.74. The lowest BCUT2D eigenvalue weighted by Gasteiger charge is -2.33. The summed E-state index contributed by atoms with van der Waals surface area (Å²) in [5.41, 5.74) is 3.59. The van der Waals surface area contributed by atoms with Gasteiger partial charge in [0.1, 0.15) is 16.7 Å². The number of rotatable bonds is 9.